The van der Waals surface area contributed by atoms with Gasteiger partial charge in [0.05, 0.1) is 5.57 Å². The molecule has 0 saturated heterocycles. The van der Waals surface area contributed by atoms with Crippen molar-refractivity contribution >= 4 is 11.9 Å². The molecule has 2 heterocycles. The SMILES string of the molecule is C=CCN1C(=O)[C@@]2(C(C#N)=C(N)Oc3ccccc32)C(C(=O)OCc2ccccc2)=C1C. The van der Waals surface area contributed by atoms with Gasteiger partial charge >= 0.3 is 5.97 Å². The molecule has 0 bridgehead atoms. The molecule has 2 aliphatic heterocycles. The van der Waals surface area contributed by atoms with Crippen molar-refractivity contribution in [1.29, 1.82) is 5.26 Å². The van der Waals surface area contributed by atoms with Crippen molar-refractivity contribution in [2.45, 2.75) is 18.9 Å². The van der Waals surface area contributed by atoms with E-state index in [9.17, 15) is 14.9 Å². The van der Waals surface area contributed by atoms with Gasteiger partial charge in [-0.2, -0.15) is 5.26 Å². The minimum atomic E-state index is -1.76. The summed E-state index contributed by atoms with van der Waals surface area (Å²) in [5, 5.41) is 10.0. The Morgan fingerprint density at radius 1 is 1.25 bits per heavy atom. The fraction of sp³-hybridized carbons (Fsp3) is 0.160. The Hall–Kier alpha value is -4.31. The molecule has 32 heavy (non-hydrogen) atoms. The van der Waals surface area contributed by atoms with Gasteiger partial charge in [0.25, 0.3) is 0 Å². The molecular weight excluding hydrogens is 406 g/mol. The van der Waals surface area contributed by atoms with Crippen molar-refractivity contribution in [2.75, 3.05) is 6.54 Å². The first-order valence-corrected chi connectivity index (χ1v) is 9.99. The van der Waals surface area contributed by atoms with E-state index in [0.29, 0.717) is 17.0 Å². The highest BCUT2D eigenvalue weighted by molar-refractivity contribution is 6.12. The molecule has 0 radical (unpaired) electrons. The third-order valence-corrected chi connectivity index (χ3v) is 5.68. The molecule has 2 aromatic carbocycles. The van der Waals surface area contributed by atoms with Crippen molar-refractivity contribution < 1.29 is 19.1 Å². The van der Waals surface area contributed by atoms with E-state index < -0.39 is 17.3 Å². The lowest BCUT2D eigenvalue weighted by molar-refractivity contribution is -0.142. The Bertz CT molecular complexity index is 1220. The normalized spacial score (nSPS) is 19.5. The van der Waals surface area contributed by atoms with Gasteiger partial charge in [-0.15, -0.1) is 6.58 Å². The molecule has 1 amide bonds. The van der Waals surface area contributed by atoms with E-state index in [2.05, 4.69) is 6.58 Å². The summed E-state index contributed by atoms with van der Waals surface area (Å²) in [4.78, 5) is 28.8. The van der Waals surface area contributed by atoms with Gasteiger partial charge in [0, 0.05) is 17.8 Å². The largest absolute Gasteiger partial charge is 0.457 e. The van der Waals surface area contributed by atoms with Crippen LogP contribution in [0.5, 0.6) is 5.75 Å². The molecule has 1 spiro atoms. The predicted molar refractivity (Wildman–Crippen MR) is 116 cm³/mol. The number of para-hydroxylation sites is 1. The van der Waals surface area contributed by atoms with E-state index in [-0.39, 0.29) is 30.2 Å². The zero-order valence-electron chi connectivity index (χ0n) is 17.5. The summed E-state index contributed by atoms with van der Waals surface area (Å²) in [6, 6.07) is 18.0. The second kappa shape index (κ2) is 8.08. The molecule has 0 aliphatic carbocycles. The molecule has 7 nitrogen and oxygen atoms in total. The van der Waals surface area contributed by atoms with Crippen molar-refractivity contribution in [3.8, 4) is 11.8 Å². The van der Waals surface area contributed by atoms with Crippen LogP contribution in [0.15, 0.2) is 90.0 Å². The van der Waals surface area contributed by atoms with Crippen LogP contribution in [-0.4, -0.2) is 23.3 Å². The molecule has 160 valence electrons. The lowest BCUT2D eigenvalue weighted by atomic mass is 9.68. The molecule has 7 heteroatoms. The fourth-order valence-corrected chi connectivity index (χ4v) is 4.29. The second-order valence-electron chi connectivity index (χ2n) is 7.43. The highest BCUT2D eigenvalue weighted by Gasteiger charge is 2.62. The summed E-state index contributed by atoms with van der Waals surface area (Å²) < 4.78 is 11.2. The van der Waals surface area contributed by atoms with Crippen molar-refractivity contribution in [3.05, 3.63) is 101 Å². The van der Waals surface area contributed by atoms with Crippen LogP contribution in [0.3, 0.4) is 0 Å². The predicted octanol–water partition coefficient (Wildman–Crippen LogP) is 3.06. The van der Waals surface area contributed by atoms with Crippen molar-refractivity contribution in [3.63, 3.8) is 0 Å². The van der Waals surface area contributed by atoms with Gasteiger partial charge in [0.15, 0.2) is 5.41 Å². The van der Waals surface area contributed by atoms with Gasteiger partial charge in [-0.1, -0.05) is 54.6 Å². The number of ether oxygens (including phenoxy) is 2. The Labute approximate surface area is 185 Å². The van der Waals surface area contributed by atoms with E-state index in [1.165, 1.54) is 4.90 Å². The number of hydrogen-bond donors (Lipinski definition) is 1. The van der Waals surface area contributed by atoms with Crippen LogP contribution < -0.4 is 10.5 Å². The number of rotatable bonds is 5. The molecule has 2 N–H and O–H groups in total. The van der Waals surface area contributed by atoms with Gasteiger partial charge in [-0.25, -0.2) is 4.79 Å². The monoisotopic (exact) mass is 427 g/mol. The number of carbonyl (C=O) groups excluding carboxylic acids is 2. The average molecular weight is 427 g/mol. The minimum absolute atomic E-state index is 0.0153. The summed E-state index contributed by atoms with van der Waals surface area (Å²) >= 11 is 0. The molecule has 1 atom stereocenters. The van der Waals surface area contributed by atoms with E-state index in [0.717, 1.165) is 5.56 Å². The standard InChI is InChI=1S/C25H21N3O4/c1-3-13-28-16(2)21(23(29)31-15-17-9-5-4-6-10-17)25(24(28)30)18-11-7-8-12-20(18)32-22(27)19(25)14-26/h3-12H,1,13,15,27H2,2H3/t25-/m0/s1. The number of nitrogens with two attached hydrogens (primary N) is 1. The second-order valence-corrected chi connectivity index (χ2v) is 7.43. The van der Waals surface area contributed by atoms with E-state index in [1.54, 1.807) is 37.3 Å². The number of allylic oxidation sites excluding steroid dienone is 1. The molecular formula is C25H21N3O4. The first kappa shape index (κ1) is 20.9. The minimum Gasteiger partial charge on any atom is -0.457 e. The van der Waals surface area contributed by atoms with Crippen LogP contribution in [-0.2, 0) is 26.3 Å². The zero-order chi connectivity index (χ0) is 22.9. The molecule has 2 aliphatic rings. The van der Waals surface area contributed by atoms with Gasteiger partial charge < -0.3 is 20.1 Å². The molecule has 4 rings (SSSR count). The Morgan fingerprint density at radius 2 is 1.94 bits per heavy atom. The Kier molecular flexibility index (Phi) is 5.29. The number of fused-ring (bicyclic) bond motifs is 2. The van der Waals surface area contributed by atoms with Crippen LogP contribution in [0.4, 0.5) is 0 Å². The average Bonchev–Trinajstić information content (AvgIpc) is 3.01. The summed E-state index contributed by atoms with van der Waals surface area (Å²) in [5.41, 5.74) is 5.78. The highest BCUT2D eigenvalue weighted by atomic mass is 16.5. The topological polar surface area (TPSA) is 106 Å². The van der Waals surface area contributed by atoms with E-state index >= 15 is 0 Å². The number of nitrogens with zero attached hydrogens (tertiary/aromatic N) is 2. The van der Waals surface area contributed by atoms with Gasteiger partial charge in [-0.3, -0.25) is 4.79 Å². The smallest absolute Gasteiger partial charge is 0.337 e. The van der Waals surface area contributed by atoms with Crippen LogP contribution >= 0.6 is 0 Å². The Morgan fingerprint density at radius 3 is 2.62 bits per heavy atom. The number of esters is 1. The number of nitriles is 1. The maximum absolute atomic E-state index is 13.9. The quantitative estimate of drug-likeness (QED) is 0.581. The Balaban J connectivity index is 1.91. The summed E-state index contributed by atoms with van der Waals surface area (Å²) in [6.07, 6.45) is 1.55. The van der Waals surface area contributed by atoms with Crippen LogP contribution in [0.25, 0.3) is 0 Å². The number of carbonyl (C=O) groups is 2. The lowest BCUT2D eigenvalue weighted by Crippen LogP contribution is -2.47. The first-order chi connectivity index (χ1) is 15.5. The lowest BCUT2D eigenvalue weighted by Gasteiger charge is -2.35. The van der Waals surface area contributed by atoms with E-state index in [1.807, 2.05) is 36.4 Å². The summed E-state index contributed by atoms with van der Waals surface area (Å²) in [6.45, 7) is 5.53. The van der Waals surface area contributed by atoms with Crippen molar-refractivity contribution in [1.82, 2.24) is 4.90 Å². The molecule has 0 aromatic heterocycles. The number of hydrogen-bond acceptors (Lipinski definition) is 6. The number of benzene rings is 2. The fourth-order valence-electron chi connectivity index (χ4n) is 4.29. The third-order valence-electron chi connectivity index (χ3n) is 5.68. The van der Waals surface area contributed by atoms with E-state index in [4.69, 9.17) is 15.2 Å². The van der Waals surface area contributed by atoms with Gasteiger partial charge in [0.2, 0.25) is 11.8 Å². The number of amides is 1. The van der Waals surface area contributed by atoms with Crippen LogP contribution in [0, 0.1) is 11.3 Å². The van der Waals surface area contributed by atoms with Crippen LogP contribution in [0.2, 0.25) is 0 Å². The molecule has 0 fully saturated rings. The maximum atomic E-state index is 13.9. The molecule has 2 aromatic rings. The third kappa shape index (κ3) is 2.96. The first-order valence-electron chi connectivity index (χ1n) is 9.99. The summed E-state index contributed by atoms with van der Waals surface area (Å²) in [7, 11) is 0. The van der Waals surface area contributed by atoms with Gasteiger partial charge in [0.1, 0.15) is 24.0 Å². The van der Waals surface area contributed by atoms with Crippen molar-refractivity contribution in [2.24, 2.45) is 5.73 Å². The molecule has 0 saturated carbocycles. The molecule has 0 unspecified atom stereocenters. The maximum Gasteiger partial charge on any atom is 0.337 e. The van der Waals surface area contributed by atoms with Crippen LogP contribution in [0.1, 0.15) is 18.1 Å². The zero-order valence-corrected chi connectivity index (χ0v) is 17.5. The van der Waals surface area contributed by atoms with Gasteiger partial charge in [-0.05, 0) is 18.6 Å². The highest BCUT2D eigenvalue weighted by Crippen LogP contribution is 2.53. The summed E-state index contributed by atoms with van der Waals surface area (Å²) in [5.74, 6) is -1.10.